The summed E-state index contributed by atoms with van der Waals surface area (Å²) in [6.07, 6.45) is 1.76. The van der Waals surface area contributed by atoms with Crippen LogP contribution in [0, 0.1) is 5.92 Å². The van der Waals surface area contributed by atoms with Crippen molar-refractivity contribution >= 4 is 17.5 Å². The Labute approximate surface area is 146 Å². The molecule has 1 N–H and O–H groups in total. The third kappa shape index (κ3) is 4.02. The van der Waals surface area contributed by atoms with E-state index in [1.807, 2.05) is 38.1 Å². The van der Waals surface area contributed by atoms with Gasteiger partial charge in [0.25, 0.3) is 0 Å². The Morgan fingerprint density at radius 2 is 2.12 bits per heavy atom. The van der Waals surface area contributed by atoms with Crippen LogP contribution in [0.5, 0.6) is 5.75 Å². The van der Waals surface area contributed by atoms with Crippen LogP contribution in [0.3, 0.4) is 0 Å². The van der Waals surface area contributed by atoms with Crippen LogP contribution in [0.4, 0.5) is 5.69 Å². The lowest BCUT2D eigenvalue weighted by Crippen LogP contribution is -2.32. The molecule has 6 nitrogen and oxygen atoms in total. The van der Waals surface area contributed by atoms with Gasteiger partial charge in [0.05, 0.1) is 30.5 Å². The molecule has 3 rings (SSSR count). The molecule has 2 amide bonds. The molecule has 2 heterocycles. The number of benzene rings is 1. The fraction of sp³-hybridized carbons (Fsp3) is 0.368. The van der Waals surface area contributed by atoms with E-state index in [0.29, 0.717) is 30.3 Å². The van der Waals surface area contributed by atoms with Crippen molar-refractivity contribution in [3.05, 3.63) is 48.4 Å². The highest BCUT2D eigenvalue weighted by molar-refractivity contribution is 6.01. The molecule has 1 aliphatic rings. The first-order valence-corrected chi connectivity index (χ1v) is 8.40. The van der Waals surface area contributed by atoms with Gasteiger partial charge in [0.1, 0.15) is 11.5 Å². The molecule has 0 spiro atoms. The number of hydrogen-bond acceptors (Lipinski definition) is 4. The molecule has 0 aliphatic carbocycles. The highest BCUT2D eigenvalue weighted by Gasteiger charge is 2.36. The average molecular weight is 342 g/mol. The summed E-state index contributed by atoms with van der Waals surface area (Å²) >= 11 is 0. The maximum absolute atomic E-state index is 12.4. The van der Waals surface area contributed by atoms with Crippen LogP contribution in [0.2, 0.25) is 0 Å². The minimum atomic E-state index is -0.380. The lowest BCUT2D eigenvalue weighted by molar-refractivity contribution is -0.126. The molecule has 1 aromatic carbocycles. The molecule has 0 saturated carbocycles. The first-order chi connectivity index (χ1) is 12.0. The fourth-order valence-corrected chi connectivity index (χ4v) is 2.88. The molecule has 1 aromatic heterocycles. The molecule has 132 valence electrons. The predicted octanol–water partition coefficient (Wildman–Crippen LogP) is 2.74. The average Bonchev–Trinajstić information content (AvgIpc) is 3.22. The van der Waals surface area contributed by atoms with E-state index >= 15 is 0 Å². The summed E-state index contributed by atoms with van der Waals surface area (Å²) in [7, 11) is 0. The first kappa shape index (κ1) is 17.1. The zero-order valence-corrected chi connectivity index (χ0v) is 14.4. The van der Waals surface area contributed by atoms with Crippen LogP contribution in [-0.4, -0.2) is 24.5 Å². The van der Waals surface area contributed by atoms with E-state index in [9.17, 15) is 9.59 Å². The third-order valence-electron chi connectivity index (χ3n) is 4.03. The standard InChI is InChI=1S/C19H22N2O4/c1-13(2)25-17-8-4-3-7-16(17)21-12-14(10-18(21)22)19(23)20-11-15-6-5-9-24-15/h3-9,13-14H,10-12H2,1-2H3,(H,20,23). The van der Waals surface area contributed by atoms with E-state index in [1.54, 1.807) is 23.3 Å². The van der Waals surface area contributed by atoms with Crippen molar-refractivity contribution in [3.8, 4) is 5.75 Å². The summed E-state index contributed by atoms with van der Waals surface area (Å²) in [6, 6.07) is 11.0. The summed E-state index contributed by atoms with van der Waals surface area (Å²) in [5.41, 5.74) is 0.711. The van der Waals surface area contributed by atoms with Gasteiger partial charge in [0.2, 0.25) is 11.8 Å². The molecule has 1 fully saturated rings. The molecular formula is C19H22N2O4. The minimum Gasteiger partial charge on any atom is -0.489 e. The van der Waals surface area contributed by atoms with Gasteiger partial charge in [-0.25, -0.2) is 0 Å². The molecule has 1 aliphatic heterocycles. The van der Waals surface area contributed by atoms with Crippen molar-refractivity contribution in [2.75, 3.05) is 11.4 Å². The molecule has 25 heavy (non-hydrogen) atoms. The first-order valence-electron chi connectivity index (χ1n) is 8.40. The van der Waals surface area contributed by atoms with Gasteiger partial charge in [0, 0.05) is 13.0 Å². The molecule has 0 bridgehead atoms. The van der Waals surface area contributed by atoms with Crippen LogP contribution in [0.15, 0.2) is 47.1 Å². The number of carbonyl (C=O) groups excluding carboxylic acids is 2. The van der Waals surface area contributed by atoms with Crippen LogP contribution < -0.4 is 15.0 Å². The van der Waals surface area contributed by atoms with E-state index in [2.05, 4.69) is 5.32 Å². The minimum absolute atomic E-state index is 0.00578. The Morgan fingerprint density at radius 1 is 1.32 bits per heavy atom. The van der Waals surface area contributed by atoms with Gasteiger partial charge >= 0.3 is 0 Å². The number of hydrogen-bond donors (Lipinski definition) is 1. The third-order valence-corrected chi connectivity index (χ3v) is 4.03. The lowest BCUT2D eigenvalue weighted by atomic mass is 10.1. The van der Waals surface area contributed by atoms with E-state index in [4.69, 9.17) is 9.15 Å². The fourth-order valence-electron chi connectivity index (χ4n) is 2.88. The number of carbonyl (C=O) groups is 2. The Balaban J connectivity index is 1.67. The Kier molecular flexibility index (Phi) is 5.07. The normalized spacial score (nSPS) is 17.2. The number of ether oxygens (including phenoxy) is 1. The van der Waals surface area contributed by atoms with Crippen molar-refractivity contribution in [2.24, 2.45) is 5.92 Å². The SMILES string of the molecule is CC(C)Oc1ccccc1N1CC(C(=O)NCc2ccco2)CC1=O. The summed E-state index contributed by atoms with van der Waals surface area (Å²) < 4.78 is 11.0. The maximum Gasteiger partial charge on any atom is 0.227 e. The Morgan fingerprint density at radius 3 is 2.84 bits per heavy atom. The van der Waals surface area contributed by atoms with Crippen molar-refractivity contribution in [1.82, 2.24) is 5.32 Å². The van der Waals surface area contributed by atoms with E-state index in [0.717, 1.165) is 0 Å². The number of anilines is 1. The summed E-state index contributed by atoms with van der Waals surface area (Å²) in [5, 5.41) is 2.82. The second-order valence-electron chi connectivity index (χ2n) is 6.34. The van der Waals surface area contributed by atoms with Gasteiger partial charge in [-0.2, -0.15) is 0 Å². The van der Waals surface area contributed by atoms with Crippen LogP contribution in [0.25, 0.3) is 0 Å². The monoisotopic (exact) mass is 342 g/mol. The van der Waals surface area contributed by atoms with Gasteiger partial charge in [-0.3, -0.25) is 9.59 Å². The van der Waals surface area contributed by atoms with Gasteiger partial charge in [-0.1, -0.05) is 12.1 Å². The van der Waals surface area contributed by atoms with Crippen molar-refractivity contribution in [2.45, 2.75) is 32.9 Å². The van der Waals surface area contributed by atoms with Gasteiger partial charge in [-0.15, -0.1) is 0 Å². The largest absolute Gasteiger partial charge is 0.489 e. The topological polar surface area (TPSA) is 71.8 Å². The second-order valence-corrected chi connectivity index (χ2v) is 6.34. The molecule has 1 saturated heterocycles. The van der Waals surface area contributed by atoms with Crippen LogP contribution in [-0.2, 0) is 16.1 Å². The van der Waals surface area contributed by atoms with E-state index in [-0.39, 0.29) is 30.3 Å². The molecule has 2 aromatic rings. The molecule has 6 heteroatoms. The molecule has 0 radical (unpaired) electrons. The zero-order valence-electron chi connectivity index (χ0n) is 14.4. The van der Waals surface area contributed by atoms with Crippen LogP contribution >= 0.6 is 0 Å². The maximum atomic E-state index is 12.4. The van der Waals surface area contributed by atoms with Crippen molar-refractivity contribution in [1.29, 1.82) is 0 Å². The highest BCUT2D eigenvalue weighted by Crippen LogP contribution is 2.33. The number of amides is 2. The van der Waals surface area contributed by atoms with Crippen molar-refractivity contribution < 1.29 is 18.7 Å². The Hall–Kier alpha value is -2.76. The number of nitrogens with one attached hydrogen (secondary N) is 1. The molecule has 1 unspecified atom stereocenters. The lowest BCUT2D eigenvalue weighted by Gasteiger charge is -2.21. The number of nitrogens with zero attached hydrogens (tertiary/aromatic N) is 1. The molecular weight excluding hydrogens is 320 g/mol. The smallest absolute Gasteiger partial charge is 0.227 e. The van der Waals surface area contributed by atoms with Gasteiger partial charge < -0.3 is 19.4 Å². The number of furan rings is 1. The van der Waals surface area contributed by atoms with Gasteiger partial charge in [0.15, 0.2) is 0 Å². The number of rotatable bonds is 6. The highest BCUT2D eigenvalue weighted by atomic mass is 16.5. The zero-order chi connectivity index (χ0) is 17.8. The number of para-hydroxylation sites is 2. The summed E-state index contributed by atoms with van der Waals surface area (Å²) in [5.74, 6) is 0.745. The Bertz CT molecular complexity index is 740. The summed E-state index contributed by atoms with van der Waals surface area (Å²) in [4.78, 5) is 26.4. The van der Waals surface area contributed by atoms with E-state index in [1.165, 1.54) is 0 Å². The van der Waals surface area contributed by atoms with Crippen LogP contribution in [0.1, 0.15) is 26.0 Å². The summed E-state index contributed by atoms with van der Waals surface area (Å²) in [6.45, 7) is 4.55. The quantitative estimate of drug-likeness (QED) is 0.876. The van der Waals surface area contributed by atoms with E-state index < -0.39 is 0 Å². The predicted molar refractivity (Wildman–Crippen MR) is 93.2 cm³/mol. The van der Waals surface area contributed by atoms with Gasteiger partial charge in [-0.05, 0) is 38.1 Å². The van der Waals surface area contributed by atoms with Crippen molar-refractivity contribution in [3.63, 3.8) is 0 Å². The molecule has 1 atom stereocenters. The second kappa shape index (κ2) is 7.42.